The molecule has 1 amide bonds. The van der Waals surface area contributed by atoms with E-state index in [0.29, 0.717) is 10.6 Å². The number of nitrogens with zero attached hydrogens (tertiary/aromatic N) is 2. The molecule has 0 radical (unpaired) electrons. The van der Waals surface area contributed by atoms with Crippen LogP contribution in [0.2, 0.25) is 0 Å². The predicted molar refractivity (Wildman–Crippen MR) is 92.9 cm³/mol. The third-order valence-electron chi connectivity index (χ3n) is 3.96. The number of nitriles is 1. The van der Waals surface area contributed by atoms with Gasteiger partial charge in [0.25, 0.3) is 5.91 Å². The Kier molecular flexibility index (Phi) is 4.95. The lowest BCUT2D eigenvalue weighted by Gasteiger charge is -2.09. The number of thiophene rings is 1. The van der Waals surface area contributed by atoms with Crippen LogP contribution in [0.5, 0.6) is 5.75 Å². The lowest BCUT2D eigenvalue weighted by molar-refractivity contribution is -0.385. The predicted octanol–water partition coefficient (Wildman–Crippen LogP) is 3.42. The van der Waals surface area contributed by atoms with Gasteiger partial charge >= 0.3 is 5.69 Å². The molecule has 0 saturated carbocycles. The van der Waals surface area contributed by atoms with Crippen molar-refractivity contribution in [1.29, 1.82) is 5.26 Å². The Morgan fingerprint density at radius 1 is 1.36 bits per heavy atom. The van der Waals surface area contributed by atoms with Gasteiger partial charge in [0.05, 0.1) is 10.5 Å². The van der Waals surface area contributed by atoms with E-state index in [1.807, 2.05) is 0 Å². The number of para-hydroxylation sites is 2. The van der Waals surface area contributed by atoms with Gasteiger partial charge in [-0.15, -0.1) is 11.3 Å². The fourth-order valence-corrected chi connectivity index (χ4v) is 4.06. The summed E-state index contributed by atoms with van der Waals surface area (Å²) in [6.07, 6.45) is 3.92. The van der Waals surface area contributed by atoms with Gasteiger partial charge < -0.3 is 10.1 Å². The minimum Gasteiger partial charge on any atom is -0.477 e. The third kappa shape index (κ3) is 3.61. The quantitative estimate of drug-likeness (QED) is 0.652. The van der Waals surface area contributed by atoms with E-state index < -0.39 is 10.8 Å². The molecule has 25 heavy (non-hydrogen) atoms. The molecule has 0 fully saturated rings. The highest BCUT2D eigenvalue weighted by Crippen LogP contribution is 2.37. The summed E-state index contributed by atoms with van der Waals surface area (Å²) in [6.45, 7) is -0.363. The summed E-state index contributed by atoms with van der Waals surface area (Å²) in [6, 6.07) is 8.05. The summed E-state index contributed by atoms with van der Waals surface area (Å²) in [5.74, 6) is -0.415. The summed E-state index contributed by atoms with van der Waals surface area (Å²) < 4.78 is 5.28. The van der Waals surface area contributed by atoms with E-state index in [2.05, 4.69) is 11.4 Å². The zero-order valence-corrected chi connectivity index (χ0v) is 14.1. The van der Waals surface area contributed by atoms with Gasteiger partial charge in [-0.3, -0.25) is 14.9 Å². The van der Waals surface area contributed by atoms with Crippen molar-refractivity contribution in [3.05, 3.63) is 50.4 Å². The Labute approximate surface area is 148 Å². The number of rotatable bonds is 5. The van der Waals surface area contributed by atoms with Gasteiger partial charge in [-0.1, -0.05) is 12.1 Å². The van der Waals surface area contributed by atoms with Crippen LogP contribution in [-0.4, -0.2) is 17.4 Å². The molecule has 0 aliphatic heterocycles. The molecule has 1 N–H and O–H groups in total. The van der Waals surface area contributed by atoms with E-state index in [1.54, 1.807) is 6.07 Å². The number of amides is 1. The Balaban J connectivity index is 1.69. The summed E-state index contributed by atoms with van der Waals surface area (Å²) >= 11 is 1.43. The van der Waals surface area contributed by atoms with Crippen LogP contribution in [0.25, 0.3) is 0 Å². The molecular formula is C17H15N3O4S. The average Bonchev–Trinajstić information content (AvgIpc) is 2.97. The second-order valence-electron chi connectivity index (χ2n) is 5.59. The first-order valence-corrected chi connectivity index (χ1v) is 8.62. The van der Waals surface area contributed by atoms with E-state index in [4.69, 9.17) is 4.74 Å². The first-order valence-electron chi connectivity index (χ1n) is 7.81. The maximum absolute atomic E-state index is 12.1. The molecule has 0 spiro atoms. The molecule has 1 aromatic heterocycles. The first kappa shape index (κ1) is 16.9. The normalized spacial score (nSPS) is 12.8. The summed E-state index contributed by atoms with van der Waals surface area (Å²) in [5.41, 5.74) is 1.37. The Bertz CT molecular complexity index is 869. The zero-order valence-electron chi connectivity index (χ0n) is 13.3. The molecule has 0 unspecified atom stereocenters. The number of aryl methyl sites for hydroxylation is 1. The van der Waals surface area contributed by atoms with Crippen LogP contribution in [0.15, 0.2) is 24.3 Å². The van der Waals surface area contributed by atoms with Crippen molar-refractivity contribution in [1.82, 2.24) is 0 Å². The lowest BCUT2D eigenvalue weighted by Crippen LogP contribution is -2.20. The van der Waals surface area contributed by atoms with Crippen LogP contribution in [0.3, 0.4) is 0 Å². The number of ether oxygens (including phenoxy) is 1. The molecule has 128 valence electrons. The smallest absolute Gasteiger partial charge is 0.310 e. The number of carbonyl (C=O) groups is 1. The molecule has 8 heteroatoms. The third-order valence-corrected chi connectivity index (χ3v) is 5.16. The number of hydrogen-bond donors (Lipinski definition) is 1. The second kappa shape index (κ2) is 7.32. The molecule has 1 heterocycles. The van der Waals surface area contributed by atoms with Crippen LogP contribution < -0.4 is 10.1 Å². The molecule has 2 aromatic rings. The average molecular weight is 357 g/mol. The first-order chi connectivity index (χ1) is 12.1. The van der Waals surface area contributed by atoms with Gasteiger partial charge in [0.15, 0.2) is 12.4 Å². The molecule has 0 atom stereocenters. The second-order valence-corrected chi connectivity index (χ2v) is 6.69. The van der Waals surface area contributed by atoms with Crippen LogP contribution in [0.4, 0.5) is 10.7 Å². The summed E-state index contributed by atoms with van der Waals surface area (Å²) in [7, 11) is 0. The van der Waals surface area contributed by atoms with Crippen LogP contribution >= 0.6 is 11.3 Å². The van der Waals surface area contributed by atoms with E-state index in [-0.39, 0.29) is 18.0 Å². The van der Waals surface area contributed by atoms with Gasteiger partial charge in [-0.25, -0.2) is 0 Å². The van der Waals surface area contributed by atoms with Crippen LogP contribution in [0.1, 0.15) is 28.8 Å². The number of benzene rings is 1. The Morgan fingerprint density at radius 2 is 2.12 bits per heavy atom. The Hall–Kier alpha value is -2.92. The minimum atomic E-state index is -0.561. The molecular weight excluding hydrogens is 342 g/mol. The molecule has 1 aliphatic rings. The van der Waals surface area contributed by atoms with Crippen LogP contribution in [-0.2, 0) is 17.6 Å². The molecule has 7 nitrogen and oxygen atoms in total. The number of nitro groups is 1. The number of anilines is 1. The van der Waals surface area contributed by atoms with E-state index in [1.165, 1.54) is 29.5 Å². The number of nitro benzene ring substituents is 1. The SMILES string of the molecule is N#Cc1c(NC(=O)COc2ccccc2[N+](=O)[O-])sc2c1CCCC2. The summed E-state index contributed by atoms with van der Waals surface area (Å²) in [4.78, 5) is 23.7. The van der Waals surface area contributed by atoms with Crippen LogP contribution in [0, 0.1) is 21.4 Å². The minimum absolute atomic E-state index is 0.0358. The van der Waals surface area contributed by atoms with Crippen molar-refractivity contribution in [3.63, 3.8) is 0 Å². The molecule has 1 aliphatic carbocycles. The highest BCUT2D eigenvalue weighted by atomic mass is 32.1. The molecule has 0 bridgehead atoms. The largest absolute Gasteiger partial charge is 0.477 e. The van der Waals surface area contributed by atoms with E-state index >= 15 is 0 Å². The lowest BCUT2D eigenvalue weighted by atomic mass is 9.96. The van der Waals surface area contributed by atoms with Crippen molar-refractivity contribution in [2.75, 3.05) is 11.9 Å². The fraction of sp³-hybridized carbons (Fsp3) is 0.294. The topological polar surface area (TPSA) is 105 Å². The standard InChI is InChI=1S/C17H15N3O4S/c18-9-12-11-5-1-4-8-15(11)25-17(12)19-16(21)10-24-14-7-3-2-6-13(14)20(22)23/h2-3,6-7H,1,4-5,8,10H2,(H,19,21). The highest BCUT2D eigenvalue weighted by molar-refractivity contribution is 7.16. The number of carbonyl (C=O) groups excluding carboxylic acids is 1. The number of hydrogen-bond acceptors (Lipinski definition) is 6. The number of fused-ring (bicyclic) bond motifs is 1. The van der Waals surface area contributed by atoms with E-state index in [9.17, 15) is 20.2 Å². The molecule has 3 rings (SSSR count). The molecule has 0 saturated heterocycles. The van der Waals surface area contributed by atoms with Crippen molar-refractivity contribution in [2.24, 2.45) is 0 Å². The van der Waals surface area contributed by atoms with Crippen molar-refractivity contribution < 1.29 is 14.5 Å². The van der Waals surface area contributed by atoms with Gasteiger partial charge in [0, 0.05) is 10.9 Å². The number of nitrogens with one attached hydrogen (secondary N) is 1. The van der Waals surface area contributed by atoms with E-state index in [0.717, 1.165) is 36.1 Å². The van der Waals surface area contributed by atoms with Crippen molar-refractivity contribution >= 4 is 27.9 Å². The van der Waals surface area contributed by atoms with Gasteiger partial charge in [-0.2, -0.15) is 5.26 Å². The van der Waals surface area contributed by atoms with Gasteiger partial charge in [0.1, 0.15) is 11.1 Å². The van der Waals surface area contributed by atoms with Crippen molar-refractivity contribution in [2.45, 2.75) is 25.7 Å². The maximum atomic E-state index is 12.1. The Morgan fingerprint density at radius 3 is 2.88 bits per heavy atom. The fourth-order valence-electron chi connectivity index (χ4n) is 2.81. The van der Waals surface area contributed by atoms with Gasteiger partial charge in [-0.05, 0) is 37.3 Å². The maximum Gasteiger partial charge on any atom is 0.310 e. The van der Waals surface area contributed by atoms with Crippen molar-refractivity contribution in [3.8, 4) is 11.8 Å². The van der Waals surface area contributed by atoms with Gasteiger partial charge in [0.2, 0.25) is 0 Å². The zero-order chi connectivity index (χ0) is 17.8. The highest BCUT2D eigenvalue weighted by Gasteiger charge is 2.22. The monoisotopic (exact) mass is 357 g/mol. The molecule has 1 aromatic carbocycles. The summed E-state index contributed by atoms with van der Waals surface area (Å²) in [5, 5.41) is 23.6.